The number of nitrogens with one attached hydrogen (secondary N) is 1. The van der Waals surface area contributed by atoms with E-state index in [2.05, 4.69) is 22.0 Å². The fourth-order valence-electron chi connectivity index (χ4n) is 3.95. The number of carbonyl (C=O) groups excluding carboxylic acids is 1. The molecule has 1 heterocycles. The van der Waals surface area contributed by atoms with E-state index in [1.54, 1.807) is 19.9 Å². The van der Waals surface area contributed by atoms with Crippen LogP contribution in [0.2, 0.25) is 0 Å². The third kappa shape index (κ3) is 5.69. The minimum absolute atomic E-state index is 0.0443. The summed E-state index contributed by atoms with van der Waals surface area (Å²) in [7, 11) is -3.76. The monoisotopic (exact) mass is 480 g/mol. The number of amides is 1. The lowest BCUT2D eigenvalue weighted by atomic mass is 10.1. The number of halogens is 2. The Kier molecular flexibility index (Phi) is 8.04. The SMILES string of the molecule is CCN1CCN(c2ccc(S(=O)(=O)N(CC)CC)cc2NC(=O)c2cc(F)cc(F)c2)CC1. The normalized spacial score (nSPS) is 15.2. The van der Waals surface area contributed by atoms with Crippen molar-refractivity contribution in [1.29, 1.82) is 0 Å². The van der Waals surface area contributed by atoms with Crippen molar-refractivity contribution in [3.05, 3.63) is 53.6 Å². The molecule has 0 spiro atoms. The lowest BCUT2D eigenvalue weighted by molar-refractivity contribution is 0.102. The molecule has 1 aliphatic rings. The summed E-state index contributed by atoms with van der Waals surface area (Å²) in [5.41, 5.74) is 0.753. The number of rotatable bonds is 8. The highest BCUT2D eigenvalue weighted by molar-refractivity contribution is 7.89. The highest BCUT2D eigenvalue weighted by Gasteiger charge is 2.25. The van der Waals surface area contributed by atoms with Gasteiger partial charge in [-0.2, -0.15) is 4.31 Å². The Morgan fingerprint density at radius 1 is 0.970 bits per heavy atom. The average molecular weight is 481 g/mol. The summed E-state index contributed by atoms with van der Waals surface area (Å²) < 4.78 is 54.7. The van der Waals surface area contributed by atoms with Gasteiger partial charge in [-0.05, 0) is 36.9 Å². The Bertz CT molecular complexity index is 1080. The molecule has 0 atom stereocenters. The van der Waals surface area contributed by atoms with Crippen molar-refractivity contribution in [2.75, 3.05) is 56.0 Å². The summed E-state index contributed by atoms with van der Waals surface area (Å²) in [4.78, 5) is 17.2. The number of nitrogens with zero attached hydrogens (tertiary/aromatic N) is 3. The zero-order valence-electron chi connectivity index (χ0n) is 19.1. The van der Waals surface area contributed by atoms with E-state index in [0.717, 1.165) is 31.8 Å². The maximum Gasteiger partial charge on any atom is 0.255 e. The molecule has 1 aliphatic heterocycles. The van der Waals surface area contributed by atoms with Crippen LogP contribution in [0.1, 0.15) is 31.1 Å². The maximum atomic E-state index is 13.6. The van der Waals surface area contributed by atoms with Gasteiger partial charge >= 0.3 is 0 Å². The number of carbonyl (C=O) groups is 1. The molecule has 1 saturated heterocycles. The Hall–Kier alpha value is -2.56. The summed E-state index contributed by atoms with van der Waals surface area (Å²) in [5, 5.41) is 2.68. The van der Waals surface area contributed by atoms with Gasteiger partial charge in [0.05, 0.1) is 16.3 Å². The first-order valence-corrected chi connectivity index (χ1v) is 12.5. The quantitative estimate of drug-likeness (QED) is 0.627. The molecule has 10 heteroatoms. The van der Waals surface area contributed by atoms with Crippen molar-refractivity contribution >= 4 is 27.3 Å². The van der Waals surface area contributed by atoms with Gasteiger partial charge in [-0.15, -0.1) is 0 Å². The highest BCUT2D eigenvalue weighted by atomic mass is 32.2. The van der Waals surface area contributed by atoms with Crippen molar-refractivity contribution in [3.8, 4) is 0 Å². The summed E-state index contributed by atoms with van der Waals surface area (Å²) in [6.07, 6.45) is 0. The Balaban J connectivity index is 2.00. The molecule has 0 aromatic heterocycles. The predicted molar refractivity (Wildman–Crippen MR) is 125 cm³/mol. The number of anilines is 2. The van der Waals surface area contributed by atoms with Gasteiger partial charge in [0.1, 0.15) is 11.6 Å². The van der Waals surface area contributed by atoms with Crippen molar-refractivity contribution in [3.63, 3.8) is 0 Å². The fourth-order valence-corrected chi connectivity index (χ4v) is 5.43. The summed E-state index contributed by atoms with van der Waals surface area (Å²) in [5.74, 6) is -2.46. The minimum Gasteiger partial charge on any atom is -0.367 e. The van der Waals surface area contributed by atoms with E-state index >= 15 is 0 Å². The molecular weight excluding hydrogens is 450 g/mol. The predicted octanol–water partition coefficient (Wildman–Crippen LogP) is 3.39. The van der Waals surface area contributed by atoms with Gasteiger partial charge in [0.2, 0.25) is 10.0 Å². The van der Waals surface area contributed by atoms with E-state index < -0.39 is 27.6 Å². The molecule has 0 radical (unpaired) electrons. The van der Waals surface area contributed by atoms with Crippen LogP contribution in [0, 0.1) is 11.6 Å². The molecule has 180 valence electrons. The summed E-state index contributed by atoms with van der Waals surface area (Å²) >= 11 is 0. The number of sulfonamides is 1. The van der Waals surface area contributed by atoms with Gasteiger partial charge in [-0.3, -0.25) is 4.79 Å². The van der Waals surface area contributed by atoms with E-state index in [1.165, 1.54) is 16.4 Å². The molecule has 0 unspecified atom stereocenters. The smallest absolute Gasteiger partial charge is 0.255 e. The van der Waals surface area contributed by atoms with E-state index in [4.69, 9.17) is 0 Å². The second-order valence-corrected chi connectivity index (χ2v) is 9.74. The molecule has 1 fully saturated rings. The Labute approximate surface area is 194 Å². The molecule has 0 aliphatic carbocycles. The molecule has 1 N–H and O–H groups in total. The van der Waals surface area contributed by atoms with Crippen molar-refractivity contribution < 1.29 is 22.0 Å². The first-order chi connectivity index (χ1) is 15.7. The topological polar surface area (TPSA) is 73.0 Å². The average Bonchev–Trinajstić information content (AvgIpc) is 2.79. The molecule has 0 saturated carbocycles. The van der Waals surface area contributed by atoms with Crippen molar-refractivity contribution in [1.82, 2.24) is 9.21 Å². The van der Waals surface area contributed by atoms with E-state index in [0.29, 0.717) is 37.9 Å². The van der Waals surface area contributed by atoms with Gasteiger partial charge in [0, 0.05) is 50.9 Å². The van der Waals surface area contributed by atoms with Gasteiger partial charge < -0.3 is 15.1 Å². The summed E-state index contributed by atoms with van der Waals surface area (Å²) in [6, 6.07) is 7.20. The lowest BCUT2D eigenvalue weighted by Crippen LogP contribution is -2.46. The lowest BCUT2D eigenvalue weighted by Gasteiger charge is -2.36. The molecule has 1 amide bonds. The standard InChI is InChI=1S/C23H30F2N4O3S/c1-4-27-9-11-28(12-10-27)22-8-7-20(33(31,32)29(5-2)6-3)16-21(22)26-23(30)17-13-18(24)15-19(25)14-17/h7-8,13-16H,4-6,9-12H2,1-3H3,(H,26,30). The van der Waals surface area contributed by atoms with Crippen LogP contribution in [-0.4, -0.2) is 69.3 Å². The highest BCUT2D eigenvalue weighted by Crippen LogP contribution is 2.31. The third-order valence-electron chi connectivity index (χ3n) is 5.84. The summed E-state index contributed by atoms with van der Waals surface area (Å²) in [6.45, 7) is 10.2. The second kappa shape index (κ2) is 10.6. The largest absolute Gasteiger partial charge is 0.367 e. The minimum atomic E-state index is -3.76. The number of benzene rings is 2. The van der Waals surface area contributed by atoms with Crippen LogP contribution in [0.3, 0.4) is 0 Å². The van der Waals surface area contributed by atoms with Gasteiger partial charge in [-0.25, -0.2) is 17.2 Å². The van der Waals surface area contributed by atoms with Crippen LogP contribution in [0.5, 0.6) is 0 Å². The molecular formula is C23H30F2N4O3S. The molecule has 7 nitrogen and oxygen atoms in total. The molecule has 2 aromatic rings. The molecule has 3 rings (SSSR count). The molecule has 33 heavy (non-hydrogen) atoms. The van der Waals surface area contributed by atoms with Crippen LogP contribution in [0.4, 0.5) is 20.2 Å². The number of hydrogen-bond donors (Lipinski definition) is 1. The first kappa shape index (κ1) is 25.1. The molecule has 0 bridgehead atoms. The number of piperazine rings is 1. The van der Waals surface area contributed by atoms with Gasteiger partial charge in [0.25, 0.3) is 5.91 Å². The van der Waals surface area contributed by atoms with Crippen LogP contribution in [0.15, 0.2) is 41.3 Å². The zero-order chi connectivity index (χ0) is 24.2. The number of hydrogen-bond acceptors (Lipinski definition) is 5. The van der Waals surface area contributed by atoms with E-state index in [1.807, 2.05) is 0 Å². The van der Waals surface area contributed by atoms with Crippen LogP contribution >= 0.6 is 0 Å². The van der Waals surface area contributed by atoms with Crippen molar-refractivity contribution in [2.45, 2.75) is 25.7 Å². The van der Waals surface area contributed by atoms with E-state index in [9.17, 15) is 22.0 Å². The Morgan fingerprint density at radius 2 is 1.58 bits per heavy atom. The fraction of sp³-hybridized carbons (Fsp3) is 0.435. The van der Waals surface area contributed by atoms with Crippen LogP contribution in [-0.2, 0) is 10.0 Å². The van der Waals surface area contributed by atoms with Gasteiger partial charge in [0.15, 0.2) is 0 Å². The van der Waals surface area contributed by atoms with Crippen LogP contribution in [0.25, 0.3) is 0 Å². The van der Waals surface area contributed by atoms with Gasteiger partial charge in [-0.1, -0.05) is 20.8 Å². The third-order valence-corrected chi connectivity index (χ3v) is 7.89. The van der Waals surface area contributed by atoms with Crippen LogP contribution < -0.4 is 10.2 Å². The molecule has 2 aromatic carbocycles. The van der Waals surface area contributed by atoms with Crippen molar-refractivity contribution in [2.24, 2.45) is 0 Å². The van der Waals surface area contributed by atoms with E-state index in [-0.39, 0.29) is 16.1 Å². The second-order valence-electron chi connectivity index (χ2n) is 7.80. The number of likely N-dealkylation sites (N-methyl/N-ethyl adjacent to an activating group) is 1. The maximum absolute atomic E-state index is 13.6. The zero-order valence-corrected chi connectivity index (χ0v) is 20.0. The Morgan fingerprint density at radius 3 is 2.12 bits per heavy atom. The first-order valence-electron chi connectivity index (χ1n) is 11.1.